The maximum atomic E-state index is 12.5. The number of rotatable bonds is 4. The van der Waals surface area contributed by atoms with Crippen LogP contribution in [0.3, 0.4) is 0 Å². The van der Waals surface area contributed by atoms with E-state index in [9.17, 15) is 13.5 Å². The zero-order valence-corrected chi connectivity index (χ0v) is 13.2. The molecule has 0 atom stereocenters. The van der Waals surface area contributed by atoms with Crippen molar-refractivity contribution in [3.05, 3.63) is 22.2 Å². The lowest BCUT2D eigenvalue weighted by atomic mass is 9.82. The Morgan fingerprint density at radius 1 is 1.40 bits per heavy atom. The predicted octanol–water partition coefficient (Wildman–Crippen LogP) is 1.97. The molecule has 1 aromatic carbocycles. The van der Waals surface area contributed by atoms with E-state index in [-0.39, 0.29) is 32.7 Å². The van der Waals surface area contributed by atoms with Crippen molar-refractivity contribution in [1.82, 2.24) is 4.31 Å². The van der Waals surface area contributed by atoms with Crippen molar-refractivity contribution >= 4 is 38.9 Å². The molecule has 1 aromatic rings. The number of aliphatic hydroxyl groups is 1. The molecular weight excluding hydrogens is 323 g/mol. The van der Waals surface area contributed by atoms with E-state index in [1.54, 1.807) is 0 Å². The molecule has 0 amide bonds. The lowest BCUT2D eigenvalue weighted by Crippen LogP contribution is -2.39. The van der Waals surface area contributed by atoms with Gasteiger partial charge in [-0.2, -0.15) is 0 Å². The third-order valence-corrected chi connectivity index (χ3v) is 6.22. The van der Waals surface area contributed by atoms with Gasteiger partial charge in [-0.3, -0.25) is 0 Å². The monoisotopic (exact) mass is 338 g/mol. The van der Waals surface area contributed by atoms with Crippen LogP contribution >= 0.6 is 23.2 Å². The van der Waals surface area contributed by atoms with Crippen molar-refractivity contribution in [3.8, 4) is 0 Å². The Bertz CT molecular complexity index is 615. The van der Waals surface area contributed by atoms with Gasteiger partial charge < -0.3 is 10.8 Å². The number of hydrogen-bond acceptors (Lipinski definition) is 4. The first kappa shape index (κ1) is 15.9. The van der Waals surface area contributed by atoms with Gasteiger partial charge in [-0.15, -0.1) is 0 Å². The number of nitrogens with two attached hydrogens (primary N) is 1. The average Bonchev–Trinajstić information content (AvgIpc) is 2.33. The number of nitrogens with zero attached hydrogens (tertiary/aromatic N) is 1. The van der Waals surface area contributed by atoms with E-state index in [0.717, 1.165) is 0 Å². The minimum atomic E-state index is -3.72. The second-order valence-electron chi connectivity index (χ2n) is 5.05. The molecule has 5 nitrogen and oxygen atoms in total. The number of nitrogen functional groups attached to an aromatic ring is 1. The third-order valence-electron chi connectivity index (χ3n) is 3.51. The van der Waals surface area contributed by atoms with E-state index < -0.39 is 10.0 Å². The first-order chi connectivity index (χ1) is 9.23. The molecule has 0 heterocycles. The molecule has 20 heavy (non-hydrogen) atoms. The summed E-state index contributed by atoms with van der Waals surface area (Å²) in [6, 6.07) is 2.76. The van der Waals surface area contributed by atoms with E-state index in [4.69, 9.17) is 28.9 Å². The first-order valence-electron chi connectivity index (χ1n) is 6.11. The third kappa shape index (κ3) is 2.89. The summed E-state index contributed by atoms with van der Waals surface area (Å²) in [6.45, 7) is 0.345. The minimum absolute atomic E-state index is 0.0524. The molecule has 0 unspecified atom stereocenters. The molecule has 112 valence electrons. The second-order valence-corrected chi connectivity index (χ2v) is 7.85. The lowest BCUT2D eigenvalue weighted by Gasteiger charge is -2.34. The van der Waals surface area contributed by atoms with Crippen LogP contribution < -0.4 is 5.73 Å². The lowest BCUT2D eigenvalue weighted by molar-refractivity contribution is 0.0367. The number of benzene rings is 1. The summed E-state index contributed by atoms with van der Waals surface area (Å²) in [6.07, 6.45) is 0.929. The van der Waals surface area contributed by atoms with E-state index in [0.29, 0.717) is 19.4 Å². The average molecular weight is 339 g/mol. The van der Waals surface area contributed by atoms with E-state index in [1.165, 1.54) is 23.5 Å². The van der Waals surface area contributed by atoms with Crippen LogP contribution in [0.4, 0.5) is 5.69 Å². The molecule has 3 N–H and O–H groups in total. The SMILES string of the molecule is CN(CC1CC(O)C1)S(=O)(=O)c1ccc(Cl)c(N)c1Cl. The Kier molecular flexibility index (Phi) is 4.51. The minimum Gasteiger partial charge on any atom is -0.396 e. The van der Waals surface area contributed by atoms with Crippen LogP contribution in [0.15, 0.2) is 17.0 Å². The van der Waals surface area contributed by atoms with Crippen LogP contribution in [-0.2, 0) is 10.0 Å². The molecule has 0 aliphatic heterocycles. The van der Waals surface area contributed by atoms with Gasteiger partial charge in [0.2, 0.25) is 10.0 Å². The Balaban J connectivity index is 2.24. The van der Waals surface area contributed by atoms with Crippen LogP contribution in [-0.4, -0.2) is 37.5 Å². The van der Waals surface area contributed by atoms with Gasteiger partial charge in [-0.1, -0.05) is 23.2 Å². The summed E-state index contributed by atoms with van der Waals surface area (Å²) in [7, 11) is -2.23. The zero-order chi connectivity index (χ0) is 15.1. The maximum absolute atomic E-state index is 12.5. The Morgan fingerprint density at radius 3 is 2.55 bits per heavy atom. The molecule has 0 bridgehead atoms. The summed E-state index contributed by atoms with van der Waals surface area (Å²) >= 11 is 11.8. The topological polar surface area (TPSA) is 83.6 Å². The zero-order valence-electron chi connectivity index (χ0n) is 10.9. The standard InChI is InChI=1S/C12H16Cl2N2O3S/c1-16(6-7-4-8(17)5-7)20(18,19)10-3-2-9(13)12(15)11(10)14/h2-3,7-8,17H,4-6,15H2,1H3. The maximum Gasteiger partial charge on any atom is 0.244 e. The number of sulfonamides is 1. The van der Waals surface area contributed by atoms with E-state index >= 15 is 0 Å². The second kappa shape index (κ2) is 5.69. The number of hydrogen-bond donors (Lipinski definition) is 2. The van der Waals surface area contributed by atoms with Crippen LogP contribution in [0.2, 0.25) is 10.0 Å². The molecule has 1 saturated carbocycles. The molecule has 0 spiro atoms. The highest BCUT2D eigenvalue weighted by Gasteiger charge is 2.32. The van der Waals surface area contributed by atoms with Crippen LogP contribution in [0.1, 0.15) is 12.8 Å². The molecule has 0 saturated heterocycles. The van der Waals surface area contributed by atoms with Crippen molar-refractivity contribution in [2.24, 2.45) is 5.92 Å². The number of aliphatic hydroxyl groups excluding tert-OH is 1. The number of anilines is 1. The molecule has 1 aliphatic carbocycles. The Labute approximate surface area is 128 Å². The number of halogens is 2. The predicted molar refractivity (Wildman–Crippen MR) is 79.4 cm³/mol. The van der Waals surface area contributed by atoms with E-state index in [1.807, 2.05) is 0 Å². The van der Waals surface area contributed by atoms with Crippen molar-refractivity contribution in [1.29, 1.82) is 0 Å². The van der Waals surface area contributed by atoms with Crippen LogP contribution in [0.25, 0.3) is 0 Å². The molecule has 8 heteroatoms. The largest absolute Gasteiger partial charge is 0.396 e. The van der Waals surface area contributed by atoms with Gasteiger partial charge in [-0.25, -0.2) is 12.7 Å². The summed E-state index contributed by atoms with van der Waals surface area (Å²) in [5, 5.41) is 9.41. The van der Waals surface area contributed by atoms with Crippen molar-refractivity contribution < 1.29 is 13.5 Å². The van der Waals surface area contributed by atoms with Gasteiger partial charge in [0.15, 0.2) is 0 Å². The van der Waals surface area contributed by atoms with Crippen LogP contribution in [0.5, 0.6) is 0 Å². The molecule has 2 rings (SSSR count). The molecule has 1 fully saturated rings. The normalized spacial score (nSPS) is 22.9. The fraction of sp³-hybridized carbons (Fsp3) is 0.500. The quantitative estimate of drug-likeness (QED) is 0.822. The molecule has 1 aliphatic rings. The van der Waals surface area contributed by atoms with Gasteiger partial charge in [0.25, 0.3) is 0 Å². The Hall–Kier alpha value is -0.530. The molecular formula is C12H16Cl2N2O3S. The molecule has 0 radical (unpaired) electrons. The summed E-state index contributed by atoms with van der Waals surface area (Å²) < 4.78 is 26.1. The van der Waals surface area contributed by atoms with Gasteiger partial charge in [-0.05, 0) is 30.9 Å². The van der Waals surface area contributed by atoms with Crippen molar-refractivity contribution in [2.75, 3.05) is 19.3 Å². The fourth-order valence-electron chi connectivity index (χ4n) is 2.23. The van der Waals surface area contributed by atoms with E-state index in [2.05, 4.69) is 0 Å². The van der Waals surface area contributed by atoms with Gasteiger partial charge in [0.05, 0.1) is 21.8 Å². The van der Waals surface area contributed by atoms with Crippen LogP contribution in [0, 0.1) is 5.92 Å². The Morgan fingerprint density at radius 2 is 2.00 bits per heavy atom. The highest BCUT2D eigenvalue weighted by atomic mass is 35.5. The smallest absolute Gasteiger partial charge is 0.244 e. The summed E-state index contributed by atoms with van der Waals surface area (Å²) in [5.74, 6) is 0.174. The molecule has 0 aromatic heterocycles. The first-order valence-corrected chi connectivity index (χ1v) is 8.31. The highest BCUT2D eigenvalue weighted by Crippen LogP contribution is 2.35. The summed E-state index contributed by atoms with van der Waals surface area (Å²) in [5.41, 5.74) is 5.71. The van der Waals surface area contributed by atoms with Gasteiger partial charge >= 0.3 is 0 Å². The van der Waals surface area contributed by atoms with Gasteiger partial charge in [0, 0.05) is 13.6 Å². The summed E-state index contributed by atoms with van der Waals surface area (Å²) in [4.78, 5) is -0.0524. The van der Waals surface area contributed by atoms with Gasteiger partial charge in [0.1, 0.15) is 4.90 Å². The highest BCUT2D eigenvalue weighted by molar-refractivity contribution is 7.89. The van der Waals surface area contributed by atoms with Crippen molar-refractivity contribution in [3.63, 3.8) is 0 Å². The van der Waals surface area contributed by atoms with Crippen molar-refractivity contribution in [2.45, 2.75) is 23.8 Å². The fourth-order valence-corrected chi connectivity index (χ4v) is 4.21.